The van der Waals surface area contributed by atoms with Crippen LogP contribution in [0.5, 0.6) is 0 Å². The number of fused-ring (bicyclic) bond motifs is 1. The van der Waals surface area contributed by atoms with Gasteiger partial charge in [-0.25, -0.2) is 13.4 Å². The first-order valence-corrected chi connectivity index (χ1v) is 7.15. The first-order chi connectivity index (χ1) is 7.54. The molecule has 1 heterocycles. The Morgan fingerprint density at radius 1 is 1.19 bits per heavy atom. The summed E-state index contributed by atoms with van der Waals surface area (Å²) >= 11 is 0. The van der Waals surface area contributed by atoms with E-state index in [-0.39, 0.29) is 12.2 Å². The Hall–Kier alpha value is -1.20. The maximum atomic E-state index is 10.8. The SMILES string of the molecule is O=S(=O)(Cl)CCc1cnc2ccccc2n1. The molecule has 1 aromatic heterocycles. The molecule has 2 rings (SSSR count). The lowest BCUT2D eigenvalue weighted by Gasteiger charge is -2.00. The molecular weight excluding hydrogens is 248 g/mol. The van der Waals surface area contributed by atoms with E-state index in [9.17, 15) is 8.42 Å². The molecule has 0 bridgehead atoms. The highest BCUT2D eigenvalue weighted by atomic mass is 35.7. The van der Waals surface area contributed by atoms with Crippen LogP contribution in [0.4, 0.5) is 0 Å². The van der Waals surface area contributed by atoms with Crippen molar-refractivity contribution in [2.75, 3.05) is 5.75 Å². The van der Waals surface area contributed by atoms with Gasteiger partial charge in [-0.15, -0.1) is 0 Å². The first-order valence-electron chi connectivity index (χ1n) is 4.67. The molecule has 0 aliphatic carbocycles. The minimum atomic E-state index is -3.47. The van der Waals surface area contributed by atoms with E-state index >= 15 is 0 Å². The van der Waals surface area contributed by atoms with Crippen LogP contribution in [0.1, 0.15) is 5.69 Å². The molecule has 0 aliphatic heterocycles. The van der Waals surface area contributed by atoms with E-state index in [1.165, 1.54) is 0 Å². The molecule has 16 heavy (non-hydrogen) atoms. The number of aryl methyl sites for hydroxylation is 1. The third-order valence-corrected chi connectivity index (χ3v) is 3.26. The Kier molecular flexibility index (Phi) is 3.07. The van der Waals surface area contributed by atoms with Crippen LogP contribution >= 0.6 is 10.7 Å². The van der Waals surface area contributed by atoms with E-state index in [2.05, 4.69) is 9.97 Å². The van der Waals surface area contributed by atoms with Gasteiger partial charge in [0.2, 0.25) is 9.05 Å². The molecule has 0 spiro atoms. The highest BCUT2D eigenvalue weighted by Crippen LogP contribution is 2.09. The molecule has 0 saturated carbocycles. The van der Waals surface area contributed by atoms with Gasteiger partial charge in [0.15, 0.2) is 0 Å². The lowest BCUT2D eigenvalue weighted by Crippen LogP contribution is -2.03. The van der Waals surface area contributed by atoms with E-state index in [4.69, 9.17) is 10.7 Å². The number of halogens is 1. The molecule has 0 unspecified atom stereocenters. The number of nitrogens with zero attached hydrogens (tertiary/aromatic N) is 2. The fourth-order valence-corrected chi connectivity index (χ4v) is 2.03. The third-order valence-electron chi connectivity index (χ3n) is 2.10. The lowest BCUT2D eigenvalue weighted by molar-refractivity contribution is 0.608. The summed E-state index contributed by atoms with van der Waals surface area (Å²) in [5.41, 5.74) is 2.18. The molecule has 4 nitrogen and oxygen atoms in total. The second-order valence-electron chi connectivity index (χ2n) is 3.34. The van der Waals surface area contributed by atoms with Crippen LogP contribution in [-0.4, -0.2) is 24.1 Å². The molecule has 84 valence electrons. The number of para-hydroxylation sites is 2. The first kappa shape index (κ1) is 11.3. The average Bonchev–Trinajstić information content (AvgIpc) is 2.25. The van der Waals surface area contributed by atoms with Gasteiger partial charge in [0.05, 0.1) is 22.5 Å². The van der Waals surface area contributed by atoms with Crippen LogP contribution in [0.15, 0.2) is 30.5 Å². The molecule has 1 aromatic carbocycles. The van der Waals surface area contributed by atoms with Gasteiger partial charge in [-0.3, -0.25) is 4.98 Å². The van der Waals surface area contributed by atoms with E-state index < -0.39 is 9.05 Å². The normalized spacial score (nSPS) is 11.8. The molecule has 0 aliphatic rings. The van der Waals surface area contributed by atoms with Gasteiger partial charge < -0.3 is 0 Å². The van der Waals surface area contributed by atoms with Crippen molar-refractivity contribution >= 4 is 30.8 Å². The number of aromatic nitrogens is 2. The van der Waals surface area contributed by atoms with E-state index in [0.29, 0.717) is 5.69 Å². The predicted octanol–water partition coefficient (Wildman–Crippen LogP) is 1.74. The zero-order valence-corrected chi connectivity index (χ0v) is 9.87. The fourth-order valence-electron chi connectivity index (χ4n) is 1.34. The van der Waals surface area contributed by atoms with Crippen LogP contribution in [0, 0.1) is 0 Å². The molecule has 0 fully saturated rings. The molecule has 0 saturated heterocycles. The van der Waals surface area contributed by atoms with Gasteiger partial charge in [0.25, 0.3) is 0 Å². The highest BCUT2D eigenvalue weighted by Gasteiger charge is 2.07. The summed E-state index contributed by atoms with van der Waals surface area (Å²) in [6, 6.07) is 7.42. The summed E-state index contributed by atoms with van der Waals surface area (Å²) < 4.78 is 21.6. The van der Waals surface area contributed by atoms with Crippen molar-refractivity contribution in [2.24, 2.45) is 0 Å². The van der Waals surface area contributed by atoms with Gasteiger partial charge in [0.1, 0.15) is 0 Å². The summed E-state index contributed by atoms with van der Waals surface area (Å²) in [5.74, 6) is -0.123. The van der Waals surface area contributed by atoms with Crippen LogP contribution in [0.2, 0.25) is 0 Å². The van der Waals surface area contributed by atoms with Gasteiger partial charge in [0, 0.05) is 23.3 Å². The van der Waals surface area contributed by atoms with Crippen molar-refractivity contribution in [3.05, 3.63) is 36.2 Å². The van der Waals surface area contributed by atoms with Crippen LogP contribution in [-0.2, 0) is 15.5 Å². The zero-order chi connectivity index (χ0) is 11.6. The summed E-state index contributed by atoms with van der Waals surface area (Å²) in [4.78, 5) is 8.47. The molecular formula is C10H9ClN2O2S. The van der Waals surface area contributed by atoms with Crippen molar-refractivity contribution < 1.29 is 8.42 Å². The van der Waals surface area contributed by atoms with Crippen LogP contribution in [0.3, 0.4) is 0 Å². The minimum absolute atomic E-state index is 0.123. The topological polar surface area (TPSA) is 59.9 Å². The molecule has 2 aromatic rings. The molecule has 0 radical (unpaired) electrons. The van der Waals surface area contributed by atoms with Crippen LogP contribution in [0.25, 0.3) is 11.0 Å². The van der Waals surface area contributed by atoms with E-state index in [0.717, 1.165) is 11.0 Å². The molecule has 0 N–H and O–H groups in total. The minimum Gasteiger partial charge on any atom is -0.253 e. The lowest BCUT2D eigenvalue weighted by atomic mass is 10.3. The van der Waals surface area contributed by atoms with Gasteiger partial charge >= 0.3 is 0 Å². The Morgan fingerprint density at radius 3 is 2.56 bits per heavy atom. The van der Waals surface area contributed by atoms with Crippen molar-refractivity contribution in [3.8, 4) is 0 Å². The molecule has 0 atom stereocenters. The monoisotopic (exact) mass is 256 g/mol. The third kappa shape index (κ3) is 2.90. The average molecular weight is 257 g/mol. The quantitative estimate of drug-likeness (QED) is 0.785. The largest absolute Gasteiger partial charge is 0.253 e. The Labute approximate surface area is 97.7 Å². The summed E-state index contributed by atoms with van der Waals surface area (Å²) in [6.07, 6.45) is 1.86. The summed E-state index contributed by atoms with van der Waals surface area (Å²) in [6.45, 7) is 0. The highest BCUT2D eigenvalue weighted by molar-refractivity contribution is 8.13. The number of benzene rings is 1. The Bertz CT molecular complexity index is 613. The smallest absolute Gasteiger partial charge is 0.232 e. The maximum absolute atomic E-state index is 10.8. The van der Waals surface area contributed by atoms with Crippen molar-refractivity contribution in [3.63, 3.8) is 0 Å². The number of hydrogen-bond donors (Lipinski definition) is 0. The van der Waals surface area contributed by atoms with Gasteiger partial charge in [-0.05, 0) is 12.1 Å². The standard InChI is InChI=1S/C10H9ClN2O2S/c11-16(14,15)6-5-8-7-12-9-3-1-2-4-10(9)13-8/h1-4,7H,5-6H2. The van der Waals surface area contributed by atoms with Gasteiger partial charge in [-0.1, -0.05) is 12.1 Å². The van der Waals surface area contributed by atoms with E-state index in [1.807, 2.05) is 24.3 Å². The zero-order valence-electron chi connectivity index (χ0n) is 8.30. The summed E-state index contributed by atoms with van der Waals surface area (Å²) in [5, 5.41) is 0. The number of rotatable bonds is 3. The molecule has 6 heteroatoms. The van der Waals surface area contributed by atoms with Crippen molar-refractivity contribution in [1.82, 2.24) is 9.97 Å². The van der Waals surface area contributed by atoms with Gasteiger partial charge in [-0.2, -0.15) is 0 Å². The number of hydrogen-bond acceptors (Lipinski definition) is 4. The maximum Gasteiger partial charge on any atom is 0.232 e. The van der Waals surface area contributed by atoms with Crippen molar-refractivity contribution in [2.45, 2.75) is 6.42 Å². The summed E-state index contributed by atoms with van der Waals surface area (Å²) in [7, 11) is 1.65. The Balaban J connectivity index is 2.26. The predicted molar refractivity (Wildman–Crippen MR) is 62.9 cm³/mol. The fraction of sp³-hybridized carbons (Fsp3) is 0.200. The van der Waals surface area contributed by atoms with E-state index in [1.54, 1.807) is 6.20 Å². The second kappa shape index (κ2) is 4.35. The van der Waals surface area contributed by atoms with Crippen molar-refractivity contribution in [1.29, 1.82) is 0 Å². The Morgan fingerprint density at radius 2 is 1.88 bits per heavy atom. The molecule has 0 amide bonds. The van der Waals surface area contributed by atoms with Crippen LogP contribution < -0.4 is 0 Å². The second-order valence-corrected chi connectivity index (χ2v) is 6.24.